The number of rotatable bonds is 5. The zero-order valence-electron chi connectivity index (χ0n) is 13.3. The molecule has 23 heavy (non-hydrogen) atoms. The van der Waals surface area contributed by atoms with Gasteiger partial charge >= 0.3 is 0 Å². The summed E-state index contributed by atoms with van der Waals surface area (Å²) >= 11 is 9.09. The molecule has 0 spiro atoms. The van der Waals surface area contributed by atoms with Crippen molar-refractivity contribution in [2.45, 2.75) is 38.6 Å². The summed E-state index contributed by atoms with van der Waals surface area (Å²) in [5, 5.41) is 0. The molecule has 0 fully saturated rings. The lowest BCUT2D eigenvalue weighted by Gasteiger charge is -2.24. The summed E-state index contributed by atoms with van der Waals surface area (Å²) in [4.78, 5) is 4.79. The Balaban J connectivity index is 2.11. The Morgan fingerprint density at radius 1 is 1.22 bits per heavy atom. The van der Waals surface area contributed by atoms with Gasteiger partial charge in [0.1, 0.15) is 10.5 Å². The van der Waals surface area contributed by atoms with Crippen molar-refractivity contribution in [3.63, 3.8) is 0 Å². The van der Waals surface area contributed by atoms with Crippen LogP contribution in [-0.4, -0.2) is 23.3 Å². The molecule has 0 saturated carbocycles. The molecule has 1 aromatic heterocycles. The smallest absolute Gasteiger partial charge is 0.141 e. The maximum atomic E-state index is 5.59. The molecule has 5 heteroatoms. The fourth-order valence-electron chi connectivity index (χ4n) is 3.20. The summed E-state index contributed by atoms with van der Waals surface area (Å²) in [6, 6.07) is 8.31. The number of hydrogen-bond acceptors (Lipinski definition) is 3. The second kappa shape index (κ2) is 7.69. The van der Waals surface area contributed by atoms with E-state index in [0.29, 0.717) is 0 Å². The van der Waals surface area contributed by atoms with E-state index in [1.807, 2.05) is 0 Å². The largest absolute Gasteiger partial charge is 0.385 e. The highest BCUT2D eigenvalue weighted by atomic mass is 79.9. The molecule has 122 valence electrons. The molecule has 1 heterocycles. The minimum atomic E-state index is 0.761. The number of ether oxygens (including phenoxy) is 1. The van der Waals surface area contributed by atoms with Gasteiger partial charge in [-0.15, -0.1) is 0 Å². The topological polar surface area (TPSA) is 27.1 Å². The second-order valence-corrected chi connectivity index (χ2v) is 7.18. The van der Waals surface area contributed by atoms with Gasteiger partial charge in [-0.05, 0) is 44.2 Å². The van der Waals surface area contributed by atoms with Gasteiger partial charge in [0.05, 0.1) is 0 Å². The van der Waals surface area contributed by atoms with Crippen molar-refractivity contribution in [1.29, 1.82) is 0 Å². The van der Waals surface area contributed by atoms with Crippen LogP contribution in [0.3, 0.4) is 0 Å². The summed E-state index contributed by atoms with van der Waals surface area (Å²) < 4.78 is 9.45. The Morgan fingerprint density at radius 2 is 1.96 bits per heavy atom. The van der Waals surface area contributed by atoms with Gasteiger partial charge in [-0.2, -0.15) is 0 Å². The van der Waals surface area contributed by atoms with E-state index < -0.39 is 0 Å². The molecule has 3 rings (SSSR count). The monoisotopic (exact) mass is 392 g/mol. The van der Waals surface area contributed by atoms with Crippen LogP contribution in [0.4, 0.5) is 0 Å². The summed E-state index contributed by atoms with van der Waals surface area (Å²) in [5.74, 6) is 0.985. The number of halogens is 1. The maximum Gasteiger partial charge on any atom is 0.141 e. The van der Waals surface area contributed by atoms with Gasteiger partial charge in [0.2, 0.25) is 0 Å². The van der Waals surface area contributed by atoms with Gasteiger partial charge < -0.3 is 9.30 Å². The fourth-order valence-corrected chi connectivity index (χ4v) is 3.77. The van der Waals surface area contributed by atoms with Crippen molar-refractivity contribution in [2.24, 2.45) is 0 Å². The number of hydrogen-bond donors (Lipinski definition) is 0. The molecule has 1 aliphatic rings. The zero-order valence-corrected chi connectivity index (χ0v) is 15.8. The standard InChI is InChI=1S/C18H21BrN2OS/c1-22-12-4-11-21-16-6-3-2-5-15(16)18(23)20-17(21)13-7-9-14(19)10-8-13/h7-10H,2-6,11-12H2,1H3. The molecule has 0 atom stereocenters. The van der Waals surface area contributed by atoms with Crippen molar-refractivity contribution in [3.8, 4) is 11.4 Å². The Bertz CT molecular complexity index is 740. The van der Waals surface area contributed by atoms with Crippen LogP contribution in [0.5, 0.6) is 0 Å². The predicted molar refractivity (Wildman–Crippen MR) is 99.3 cm³/mol. The van der Waals surface area contributed by atoms with Crippen molar-refractivity contribution in [2.75, 3.05) is 13.7 Å². The number of aromatic nitrogens is 2. The lowest BCUT2D eigenvalue weighted by atomic mass is 9.96. The molecular weight excluding hydrogens is 372 g/mol. The number of nitrogens with zero attached hydrogens (tertiary/aromatic N) is 2. The first-order valence-corrected chi connectivity index (χ1v) is 9.28. The molecule has 0 aliphatic heterocycles. The van der Waals surface area contributed by atoms with E-state index in [1.165, 1.54) is 24.1 Å². The van der Waals surface area contributed by atoms with Crippen molar-refractivity contribution < 1.29 is 4.74 Å². The lowest BCUT2D eigenvalue weighted by Crippen LogP contribution is -2.19. The zero-order chi connectivity index (χ0) is 16.2. The molecule has 0 N–H and O–H groups in total. The van der Waals surface area contributed by atoms with Crippen LogP contribution in [0.2, 0.25) is 0 Å². The van der Waals surface area contributed by atoms with Gasteiger partial charge in [-0.1, -0.05) is 40.3 Å². The molecule has 0 amide bonds. The molecule has 1 aliphatic carbocycles. The molecule has 1 aromatic carbocycles. The predicted octanol–water partition coefficient (Wildman–Crippen LogP) is 4.96. The van der Waals surface area contributed by atoms with Crippen molar-refractivity contribution in [3.05, 3.63) is 44.6 Å². The van der Waals surface area contributed by atoms with Crippen LogP contribution in [0.15, 0.2) is 28.7 Å². The third kappa shape index (κ3) is 3.73. The highest BCUT2D eigenvalue weighted by Crippen LogP contribution is 2.28. The second-order valence-electron chi connectivity index (χ2n) is 5.88. The molecule has 0 bridgehead atoms. The number of benzene rings is 1. The summed E-state index contributed by atoms with van der Waals surface area (Å²) in [7, 11) is 1.75. The van der Waals surface area contributed by atoms with Crippen LogP contribution in [-0.2, 0) is 24.1 Å². The average Bonchev–Trinajstić information content (AvgIpc) is 2.58. The van der Waals surface area contributed by atoms with E-state index in [4.69, 9.17) is 21.9 Å². The van der Waals surface area contributed by atoms with Crippen LogP contribution in [0, 0.1) is 4.64 Å². The molecule has 2 aromatic rings. The third-order valence-electron chi connectivity index (χ3n) is 4.32. The average molecular weight is 393 g/mol. The number of methoxy groups -OCH3 is 1. The summed E-state index contributed by atoms with van der Waals surface area (Å²) in [6.07, 6.45) is 5.59. The first-order chi connectivity index (χ1) is 11.2. The molecule has 0 unspecified atom stereocenters. The minimum Gasteiger partial charge on any atom is -0.385 e. The Morgan fingerprint density at radius 3 is 2.70 bits per heavy atom. The van der Waals surface area contributed by atoms with Gasteiger partial charge in [0, 0.05) is 41.6 Å². The fraction of sp³-hybridized carbons (Fsp3) is 0.444. The summed E-state index contributed by atoms with van der Waals surface area (Å²) in [6.45, 7) is 1.68. The van der Waals surface area contributed by atoms with Gasteiger partial charge in [0.15, 0.2) is 0 Å². The highest BCUT2D eigenvalue weighted by Gasteiger charge is 2.19. The van der Waals surface area contributed by atoms with E-state index in [9.17, 15) is 0 Å². The lowest BCUT2D eigenvalue weighted by molar-refractivity contribution is 0.190. The number of fused-ring (bicyclic) bond motifs is 1. The van der Waals surface area contributed by atoms with Crippen LogP contribution >= 0.6 is 28.1 Å². The van der Waals surface area contributed by atoms with Crippen LogP contribution in [0.25, 0.3) is 11.4 Å². The van der Waals surface area contributed by atoms with E-state index in [1.54, 1.807) is 7.11 Å². The van der Waals surface area contributed by atoms with E-state index in [2.05, 4.69) is 44.8 Å². The normalized spacial score (nSPS) is 13.8. The van der Waals surface area contributed by atoms with Gasteiger partial charge in [0.25, 0.3) is 0 Å². The molecule has 0 saturated heterocycles. The molecule has 3 nitrogen and oxygen atoms in total. The Kier molecular flexibility index (Phi) is 5.62. The molecular formula is C18H21BrN2OS. The first kappa shape index (κ1) is 16.8. The Hall–Kier alpha value is -1.04. The molecule has 0 radical (unpaired) electrons. The summed E-state index contributed by atoms with van der Waals surface area (Å²) in [5.41, 5.74) is 3.78. The minimum absolute atomic E-state index is 0.761. The Labute approximate surface area is 150 Å². The third-order valence-corrected chi connectivity index (χ3v) is 5.18. The van der Waals surface area contributed by atoms with E-state index >= 15 is 0 Å². The van der Waals surface area contributed by atoms with Gasteiger partial charge in [-0.25, -0.2) is 4.98 Å². The van der Waals surface area contributed by atoms with E-state index in [0.717, 1.165) is 52.9 Å². The van der Waals surface area contributed by atoms with Crippen molar-refractivity contribution in [1.82, 2.24) is 9.55 Å². The maximum absolute atomic E-state index is 5.59. The van der Waals surface area contributed by atoms with Crippen molar-refractivity contribution >= 4 is 28.1 Å². The van der Waals surface area contributed by atoms with Gasteiger partial charge in [-0.3, -0.25) is 0 Å². The van der Waals surface area contributed by atoms with Crippen LogP contribution < -0.4 is 0 Å². The highest BCUT2D eigenvalue weighted by molar-refractivity contribution is 9.10. The SMILES string of the molecule is COCCCn1c(-c2ccc(Br)cc2)nc(=S)c2c1CCCC2. The van der Waals surface area contributed by atoms with E-state index in [-0.39, 0.29) is 0 Å². The van der Waals surface area contributed by atoms with Crippen LogP contribution in [0.1, 0.15) is 30.5 Å². The first-order valence-electron chi connectivity index (χ1n) is 8.08. The quantitative estimate of drug-likeness (QED) is 0.531.